The summed E-state index contributed by atoms with van der Waals surface area (Å²) in [5.41, 5.74) is -0.00883. The zero-order valence-corrected chi connectivity index (χ0v) is 15.8. The molecular weight excluding hydrogens is 282 g/mol. The Kier molecular flexibility index (Phi) is 11.5. The molecule has 0 heterocycles. The molecule has 0 aliphatic rings. The van der Waals surface area contributed by atoms with Crippen molar-refractivity contribution < 1.29 is 84.0 Å². The van der Waals surface area contributed by atoms with E-state index in [-0.39, 0.29) is 88.9 Å². The smallest absolute Gasteiger partial charge is 0.545 e. The second-order valence-corrected chi connectivity index (χ2v) is 3.73. The van der Waals surface area contributed by atoms with E-state index in [1.807, 2.05) is 0 Å². The molecule has 1 aromatic carbocycles. The van der Waals surface area contributed by atoms with Gasteiger partial charge < -0.3 is 24.9 Å². The van der Waals surface area contributed by atoms with E-state index in [0.29, 0.717) is 5.56 Å². The van der Waals surface area contributed by atoms with Crippen molar-refractivity contribution in [1.82, 2.24) is 0 Å². The molecule has 0 saturated heterocycles. The molecule has 0 bridgehead atoms. The zero-order chi connectivity index (χ0) is 13.7. The molecule has 0 aliphatic carbocycles. The van der Waals surface area contributed by atoms with Crippen LogP contribution >= 0.6 is 0 Å². The molecule has 20 heavy (non-hydrogen) atoms. The number of hydrogen-bond donors (Lipinski definition) is 1. The fourth-order valence-electron chi connectivity index (χ4n) is 1.60. The minimum absolute atomic E-state index is 0. The Morgan fingerprint density at radius 3 is 1.80 bits per heavy atom. The molecule has 1 rings (SSSR count). The number of carbonyl (C=O) groups is 2. The fraction of sp³-hybridized carbons (Fsp3) is 0.231. The Morgan fingerprint density at radius 2 is 1.45 bits per heavy atom. The predicted molar refractivity (Wildman–Crippen MR) is 59.1 cm³/mol. The molecule has 0 unspecified atom stereocenters. The predicted octanol–water partition coefficient (Wildman–Crippen LogP) is -6.85. The van der Waals surface area contributed by atoms with E-state index in [0.717, 1.165) is 0 Å². The SMILES string of the molecule is CCC(C(=O)[O-])=C(Cc1ccc(O)cc1)C(=O)[O-].[Na+].[Na+]. The zero-order valence-electron chi connectivity index (χ0n) is 11.8. The number of rotatable bonds is 5. The van der Waals surface area contributed by atoms with Gasteiger partial charge in [0.25, 0.3) is 0 Å². The number of carboxylic acids is 2. The van der Waals surface area contributed by atoms with E-state index >= 15 is 0 Å². The maximum Gasteiger partial charge on any atom is 1.00 e. The summed E-state index contributed by atoms with van der Waals surface area (Å²) < 4.78 is 0. The maximum absolute atomic E-state index is 11.0. The van der Waals surface area contributed by atoms with Crippen molar-refractivity contribution in [1.29, 1.82) is 0 Å². The van der Waals surface area contributed by atoms with E-state index in [2.05, 4.69) is 0 Å². The van der Waals surface area contributed by atoms with Gasteiger partial charge in [0.1, 0.15) is 5.75 Å². The van der Waals surface area contributed by atoms with Crippen LogP contribution in [0.1, 0.15) is 18.9 Å². The van der Waals surface area contributed by atoms with Gasteiger partial charge in [-0.05, 0) is 41.7 Å². The Bertz CT molecular complexity index is 494. The summed E-state index contributed by atoms with van der Waals surface area (Å²) in [5.74, 6) is -2.98. The van der Waals surface area contributed by atoms with Gasteiger partial charge in [-0.1, -0.05) is 19.1 Å². The Balaban J connectivity index is 0. The quantitative estimate of drug-likeness (QED) is 0.430. The minimum atomic E-state index is -1.52. The van der Waals surface area contributed by atoms with Crippen LogP contribution in [0.2, 0.25) is 0 Å². The van der Waals surface area contributed by atoms with Gasteiger partial charge in [-0.15, -0.1) is 0 Å². The monoisotopic (exact) mass is 294 g/mol. The van der Waals surface area contributed by atoms with Crippen LogP contribution in [-0.4, -0.2) is 17.0 Å². The molecule has 5 nitrogen and oxygen atoms in total. The molecule has 96 valence electrons. The van der Waals surface area contributed by atoms with Gasteiger partial charge in [0, 0.05) is 0 Å². The van der Waals surface area contributed by atoms with Crippen LogP contribution in [0.5, 0.6) is 5.75 Å². The first-order chi connectivity index (χ1) is 8.45. The number of aliphatic carboxylic acids is 2. The maximum atomic E-state index is 11.0. The molecule has 7 heteroatoms. The molecule has 1 N–H and O–H groups in total. The van der Waals surface area contributed by atoms with Gasteiger partial charge in [0.15, 0.2) is 0 Å². The van der Waals surface area contributed by atoms with Crippen LogP contribution in [0, 0.1) is 0 Å². The van der Waals surface area contributed by atoms with Gasteiger partial charge in [-0.25, -0.2) is 0 Å². The topological polar surface area (TPSA) is 100 Å². The van der Waals surface area contributed by atoms with Crippen molar-refractivity contribution in [3.63, 3.8) is 0 Å². The van der Waals surface area contributed by atoms with Crippen LogP contribution in [0.4, 0.5) is 0 Å². The number of benzene rings is 1. The molecule has 0 saturated carbocycles. The standard InChI is InChI=1S/C13H14O5.2Na/c1-2-10(12(15)16)11(13(17)18)7-8-3-5-9(14)6-4-8;;/h3-6,14H,2,7H2,1H3,(H,15,16)(H,17,18);;/q;2*+1/p-2. The Morgan fingerprint density at radius 1 is 1.00 bits per heavy atom. The average molecular weight is 294 g/mol. The summed E-state index contributed by atoms with van der Waals surface area (Å²) in [4.78, 5) is 21.8. The van der Waals surface area contributed by atoms with Crippen LogP contribution in [0.15, 0.2) is 35.4 Å². The van der Waals surface area contributed by atoms with Gasteiger partial charge >= 0.3 is 59.1 Å². The van der Waals surface area contributed by atoms with E-state index < -0.39 is 11.9 Å². The van der Waals surface area contributed by atoms with E-state index in [1.54, 1.807) is 0 Å². The molecule has 0 aliphatic heterocycles. The van der Waals surface area contributed by atoms with Crippen molar-refractivity contribution in [2.45, 2.75) is 19.8 Å². The van der Waals surface area contributed by atoms with Gasteiger partial charge in [-0.3, -0.25) is 0 Å². The summed E-state index contributed by atoms with van der Waals surface area (Å²) >= 11 is 0. The molecule has 0 aromatic heterocycles. The van der Waals surface area contributed by atoms with Gasteiger partial charge in [-0.2, -0.15) is 0 Å². The number of carboxylic acid groups (broad SMARTS) is 2. The normalized spacial score (nSPS) is 10.7. The van der Waals surface area contributed by atoms with Crippen LogP contribution < -0.4 is 69.3 Å². The summed E-state index contributed by atoms with van der Waals surface area (Å²) in [7, 11) is 0. The third kappa shape index (κ3) is 6.43. The summed E-state index contributed by atoms with van der Waals surface area (Å²) in [6.07, 6.45) is -0.0382. The first kappa shape index (κ1) is 22.0. The second kappa shape index (κ2) is 10.4. The molecule has 0 amide bonds. The van der Waals surface area contributed by atoms with Crippen molar-refractivity contribution in [2.24, 2.45) is 0 Å². The molecular formula is C13H12Na2O5. The first-order valence-corrected chi connectivity index (χ1v) is 5.38. The first-order valence-electron chi connectivity index (χ1n) is 5.38. The minimum Gasteiger partial charge on any atom is -0.545 e. The van der Waals surface area contributed by atoms with E-state index in [1.165, 1.54) is 31.2 Å². The van der Waals surface area contributed by atoms with Gasteiger partial charge in [0.05, 0.1) is 11.9 Å². The number of carbonyl (C=O) groups excluding carboxylic acids is 2. The van der Waals surface area contributed by atoms with E-state index in [9.17, 15) is 19.8 Å². The van der Waals surface area contributed by atoms with Crippen molar-refractivity contribution in [3.8, 4) is 5.75 Å². The number of phenols is 1. The average Bonchev–Trinajstić information content (AvgIpc) is 2.30. The molecule has 0 fully saturated rings. The number of hydrogen-bond acceptors (Lipinski definition) is 5. The largest absolute Gasteiger partial charge is 1.00 e. The summed E-state index contributed by atoms with van der Waals surface area (Å²) in [6, 6.07) is 5.82. The van der Waals surface area contributed by atoms with Crippen molar-refractivity contribution in [2.75, 3.05) is 0 Å². The Labute approximate surface area is 161 Å². The molecule has 0 spiro atoms. The molecule has 0 atom stereocenters. The van der Waals surface area contributed by atoms with Crippen LogP contribution in [0.3, 0.4) is 0 Å². The Hall–Kier alpha value is -0.300. The fourth-order valence-corrected chi connectivity index (χ4v) is 1.60. The van der Waals surface area contributed by atoms with Gasteiger partial charge in [0.2, 0.25) is 0 Å². The van der Waals surface area contributed by atoms with Crippen LogP contribution in [-0.2, 0) is 16.0 Å². The summed E-state index contributed by atoms with van der Waals surface area (Å²) in [5, 5.41) is 30.9. The third-order valence-corrected chi connectivity index (χ3v) is 2.53. The second-order valence-electron chi connectivity index (χ2n) is 3.73. The van der Waals surface area contributed by atoms with Crippen molar-refractivity contribution in [3.05, 3.63) is 41.0 Å². The van der Waals surface area contributed by atoms with Crippen molar-refractivity contribution >= 4 is 11.9 Å². The number of phenolic OH excluding ortho intramolecular Hbond substituents is 1. The van der Waals surface area contributed by atoms with E-state index in [4.69, 9.17) is 5.11 Å². The molecule has 1 aromatic rings. The molecule has 0 radical (unpaired) electrons. The number of aromatic hydroxyl groups is 1. The third-order valence-electron chi connectivity index (χ3n) is 2.53. The summed E-state index contributed by atoms with van der Waals surface area (Å²) in [6.45, 7) is 1.53. The van der Waals surface area contributed by atoms with Crippen LogP contribution in [0.25, 0.3) is 0 Å².